The highest BCUT2D eigenvalue weighted by Gasteiger charge is 2.29. The highest BCUT2D eigenvalue weighted by Crippen LogP contribution is 2.25. The fourth-order valence-electron chi connectivity index (χ4n) is 2.00. The van der Waals surface area contributed by atoms with Gasteiger partial charge in [0.25, 0.3) is 10.0 Å². The molecule has 0 bridgehead atoms. The molecule has 2 aromatic heterocycles. The number of hydrogen-bond donors (Lipinski definition) is 2. The number of anilines is 1. The summed E-state index contributed by atoms with van der Waals surface area (Å²) < 4.78 is 28.1. The van der Waals surface area contributed by atoms with Crippen molar-refractivity contribution in [3.05, 3.63) is 24.4 Å². The fraction of sp³-hybridized carbons (Fsp3) is 0.364. The molecule has 3 N–H and O–H groups in total. The molecule has 0 saturated heterocycles. The highest BCUT2D eigenvalue weighted by molar-refractivity contribution is 7.89. The number of rotatable bonds is 5. The maximum Gasteiger partial charge on any atom is 0.262 e. The number of hydrogen-bond acceptors (Lipinski definition) is 5. The van der Waals surface area contributed by atoms with Crippen molar-refractivity contribution >= 4 is 21.5 Å². The van der Waals surface area contributed by atoms with Crippen LogP contribution in [0.2, 0.25) is 0 Å². The molecule has 0 radical (unpaired) electrons. The Morgan fingerprint density at radius 3 is 2.63 bits per heavy atom. The van der Waals surface area contributed by atoms with Crippen LogP contribution in [0.4, 0.5) is 5.82 Å². The van der Waals surface area contributed by atoms with Gasteiger partial charge < -0.3 is 5.43 Å². The summed E-state index contributed by atoms with van der Waals surface area (Å²) in [6.07, 6.45) is 1.65. The number of pyridine rings is 1. The van der Waals surface area contributed by atoms with Gasteiger partial charge in [-0.2, -0.15) is 4.31 Å². The Morgan fingerprint density at radius 1 is 1.37 bits per heavy atom. The van der Waals surface area contributed by atoms with Crippen LogP contribution in [0.25, 0.3) is 5.65 Å². The Bertz CT molecular complexity index is 675. The number of fused-ring (bicyclic) bond motifs is 1. The molecule has 0 fully saturated rings. The molecule has 0 aliphatic carbocycles. The highest BCUT2D eigenvalue weighted by atomic mass is 32.2. The molecule has 0 saturated carbocycles. The number of imidazole rings is 1. The molecular weight excluding hydrogens is 266 g/mol. The molecule has 2 heterocycles. The third-order valence-corrected chi connectivity index (χ3v) is 4.99. The zero-order chi connectivity index (χ0) is 14.0. The summed E-state index contributed by atoms with van der Waals surface area (Å²) in [6, 6.07) is 5.26. The number of nitrogens with two attached hydrogens (primary N) is 1. The summed E-state index contributed by atoms with van der Waals surface area (Å²) in [5.74, 6) is 5.54. The van der Waals surface area contributed by atoms with Gasteiger partial charge in [-0.3, -0.25) is 4.40 Å². The zero-order valence-corrected chi connectivity index (χ0v) is 11.7. The van der Waals surface area contributed by atoms with Gasteiger partial charge in [0.1, 0.15) is 5.65 Å². The van der Waals surface area contributed by atoms with Crippen LogP contribution in [0.5, 0.6) is 0 Å². The summed E-state index contributed by atoms with van der Waals surface area (Å²) in [5, 5.41) is 0.0642. The van der Waals surface area contributed by atoms with Crippen molar-refractivity contribution in [2.45, 2.75) is 18.9 Å². The van der Waals surface area contributed by atoms with Crippen molar-refractivity contribution < 1.29 is 8.42 Å². The average molecular weight is 283 g/mol. The van der Waals surface area contributed by atoms with E-state index in [1.165, 1.54) is 8.71 Å². The normalized spacial score (nSPS) is 12.2. The molecule has 7 nitrogen and oxygen atoms in total. The lowest BCUT2D eigenvalue weighted by Crippen LogP contribution is -2.32. The van der Waals surface area contributed by atoms with Crippen molar-refractivity contribution in [1.82, 2.24) is 13.7 Å². The molecule has 0 aliphatic heterocycles. The minimum absolute atomic E-state index is 0.0642. The van der Waals surface area contributed by atoms with E-state index in [1.807, 2.05) is 0 Å². The van der Waals surface area contributed by atoms with Gasteiger partial charge in [0.05, 0.1) is 0 Å². The first-order chi connectivity index (χ1) is 9.06. The van der Waals surface area contributed by atoms with E-state index in [4.69, 9.17) is 5.84 Å². The molecule has 0 unspecified atom stereocenters. The van der Waals surface area contributed by atoms with Gasteiger partial charge in [0.15, 0.2) is 5.82 Å². The van der Waals surface area contributed by atoms with Crippen molar-refractivity contribution in [2.75, 3.05) is 18.5 Å². The quantitative estimate of drug-likeness (QED) is 0.621. The predicted octanol–water partition coefficient (Wildman–Crippen LogP) is 0.650. The fourth-order valence-corrected chi connectivity index (χ4v) is 3.68. The van der Waals surface area contributed by atoms with Crippen molar-refractivity contribution in [2.24, 2.45) is 5.84 Å². The molecule has 0 atom stereocenters. The number of aromatic nitrogens is 2. The van der Waals surface area contributed by atoms with Crippen LogP contribution in [0, 0.1) is 0 Å². The minimum atomic E-state index is -3.64. The van der Waals surface area contributed by atoms with Gasteiger partial charge in [-0.1, -0.05) is 19.9 Å². The molecule has 0 amide bonds. The van der Waals surface area contributed by atoms with Gasteiger partial charge in [-0.15, -0.1) is 0 Å². The Hall–Kier alpha value is -1.64. The standard InChI is InChI=1S/C11H17N5O2S/c1-3-15(4-2)19(17,18)11-10(14-12)13-9-7-5-6-8-16(9)11/h5-8,14H,3-4,12H2,1-2H3. The van der Waals surface area contributed by atoms with Crippen LogP contribution in [0.15, 0.2) is 29.4 Å². The van der Waals surface area contributed by atoms with Crippen molar-refractivity contribution in [3.63, 3.8) is 0 Å². The molecule has 2 rings (SSSR count). The molecular formula is C11H17N5O2S. The maximum atomic E-state index is 12.6. The lowest BCUT2D eigenvalue weighted by molar-refractivity contribution is 0.442. The van der Waals surface area contributed by atoms with E-state index in [0.717, 1.165) is 0 Å². The molecule has 19 heavy (non-hydrogen) atoms. The molecule has 0 spiro atoms. The van der Waals surface area contributed by atoms with Gasteiger partial charge in [0, 0.05) is 19.3 Å². The summed E-state index contributed by atoms with van der Waals surface area (Å²) >= 11 is 0. The first-order valence-corrected chi connectivity index (χ1v) is 7.44. The van der Waals surface area contributed by atoms with Gasteiger partial charge in [-0.25, -0.2) is 19.2 Å². The first kappa shape index (κ1) is 13.8. The molecule has 2 aromatic rings. The van der Waals surface area contributed by atoms with E-state index in [0.29, 0.717) is 18.7 Å². The predicted molar refractivity (Wildman–Crippen MR) is 73.1 cm³/mol. The molecule has 0 aromatic carbocycles. The number of sulfonamides is 1. The first-order valence-electron chi connectivity index (χ1n) is 6.00. The van der Waals surface area contributed by atoms with Crippen LogP contribution >= 0.6 is 0 Å². The Balaban J connectivity index is 2.73. The van der Waals surface area contributed by atoms with E-state index in [-0.39, 0.29) is 10.8 Å². The Labute approximate surface area is 112 Å². The number of nitrogens with one attached hydrogen (secondary N) is 1. The van der Waals surface area contributed by atoms with Crippen molar-refractivity contribution in [1.29, 1.82) is 0 Å². The Morgan fingerprint density at radius 2 is 2.05 bits per heavy atom. The van der Waals surface area contributed by atoms with Crippen LogP contribution in [0.3, 0.4) is 0 Å². The average Bonchev–Trinajstić information content (AvgIpc) is 2.78. The van der Waals surface area contributed by atoms with E-state index in [1.54, 1.807) is 38.2 Å². The van der Waals surface area contributed by atoms with E-state index < -0.39 is 10.0 Å². The lowest BCUT2D eigenvalue weighted by atomic mass is 10.5. The summed E-state index contributed by atoms with van der Waals surface area (Å²) in [6.45, 7) is 4.37. The zero-order valence-electron chi connectivity index (χ0n) is 10.9. The second-order valence-corrected chi connectivity index (χ2v) is 5.78. The second kappa shape index (κ2) is 5.16. The van der Waals surface area contributed by atoms with Crippen LogP contribution in [0.1, 0.15) is 13.8 Å². The molecule has 104 valence electrons. The smallest absolute Gasteiger partial charge is 0.262 e. The summed E-state index contributed by atoms with van der Waals surface area (Å²) in [7, 11) is -3.64. The van der Waals surface area contributed by atoms with Crippen LogP contribution in [-0.2, 0) is 10.0 Å². The third kappa shape index (κ3) is 2.18. The van der Waals surface area contributed by atoms with Gasteiger partial charge in [-0.05, 0) is 12.1 Å². The largest absolute Gasteiger partial charge is 0.306 e. The monoisotopic (exact) mass is 283 g/mol. The van der Waals surface area contributed by atoms with Crippen molar-refractivity contribution in [3.8, 4) is 0 Å². The van der Waals surface area contributed by atoms with E-state index in [2.05, 4.69) is 10.4 Å². The number of nitrogen functional groups attached to an aromatic ring is 1. The van der Waals surface area contributed by atoms with Gasteiger partial charge >= 0.3 is 0 Å². The summed E-state index contributed by atoms with van der Waals surface area (Å²) in [4.78, 5) is 4.17. The van der Waals surface area contributed by atoms with Crippen LogP contribution in [-0.4, -0.2) is 35.2 Å². The number of hydrazine groups is 1. The number of nitrogens with zero attached hydrogens (tertiary/aromatic N) is 3. The maximum absolute atomic E-state index is 12.6. The summed E-state index contributed by atoms with van der Waals surface area (Å²) in [5.41, 5.74) is 2.89. The molecule has 0 aliphatic rings. The molecule has 8 heteroatoms. The lowest BCUT2D eigenvalue weighted by Gasteiger charge is -2.18. The SMILES string of the molecule is CCN(CC)S(=O)(=O)c1c(NN)nc2ccccn12. The van der Waals surface area contributed by atoms with Crippen LogP contribution < -0.4 is 11.3 Å². The minimum Gasteiger partial charge on any atom is -0.306 e. The van der Waals surface area contributed by atoms with Gasteiger partial charge in [0.2, 0.25) is 5.03 Å². The van der Waals surface area contributed by atoms with E-state index in [9.17, 15) is 8.42 Å². The third-order valence-electron chi connectivity index (χ3n) is 2.91. The second-order valence-electron chi connectivity index (χ2n) is 3.93. The van der Waals surface area contributed by atoms with E-state index >= 15 is 0 Å². The topological polar surface area (TPSA) is 92.7 Å². The Kier molecular flexibility index (Phi) is 3.74.